The lowest BCUT2D eigenvalue weighted by molar-refractivity contribution is -0.0105. The Labute approximate surface area is 120 Å². The van der Waals surface area contributed by atoms with Crippen LogP contribution in [0.2, 0.25) is 0 Å². The minimum absolute atomic E-state index is 0.134. The van der Waals surface area contributed by atoms with Crippen molar-refractivity contribution in [1.82, 2.24) is 15.1 Å². The Morgan fingerprint density at radius 1 is 1.60 bits per heavy atom. The van der Waals surface area contributed by atoms with Gasteiger partial charge in [0, 0.05) is 18.5 Å². The summed E-state index contributed by atoms with van der Waals surface area (Å²) in [5.74, 6) is -0.134. The maximum Gasteiger partial charge on any atom is 0.266 e. The number of rotatable bonds is 1. The van der Waals surface area contributed by atoms with Gasteiger partial charge in [-0.2, -0.15) is 5.10 Å². The van der Waals surface area contributed by atoms with E-state index in [0.717, 1.165) is 11.8 Å². The van der Waals surface area contributed by atoms with Gasteiger partial charge in [0.1, 0.15) is 9.71 Å². The Hall–Kier alpha value is -1.73. The summed E-state index contributed by atoms with van der Waals surface area (Å²) >= 11 is 1.25. The number of aromatic nitrogens is 2. The molecule has 0 bridgehead atoms. The van der Waals surface area contributed by atoms with E-state index in [9.17, 15) is 9.90 Å². The molecular formula is C13H16N4O2S. The molecule has 1 amide bonds. The monoisotopic (exact) mass is 292 g/mol. The number of anilines is 1. The van der Waals surface area contributed by atoms with E-state index in [2.05, 4.69) is 10.2 Å². The van der Waals surface area contributed by atoms with E-state index in [4.69, 9.17) is 5.73 Å². The number of nitrogens with two attached hydrogens (primary N) is 1. The van der Waals surface area contributed by atoms with E-state index in [1.807, 2.05) is 0 Å². The second kappa shape index (κ2) is 4.68. The van der Waals surface area contributed by atoms with Crippen LogP contribution in [0.5, 0.6) is 0 Å². The van der Waals surface area contributed by atoms with Crippen LogP contribution in [-0.2, 0) is 0 Å². The molecule has 1 aliphatic heterocycles. The molecule has 20 heavy (non-hydrogen) atoms. The van der Waals surface area contributed by atoms with Crippen molar-refractivity contribution in [1.29, 1.82) is 0 Å². The van der Waals surface area contributed by atoms with Gasteiger partial charge in [-0.25, -0.2) is 0 Å². The number of nitrogen functional groups attached to an aromatic ring is 1. The van der Waals surface area contributed by atoms with E-state index in [-0.39, 0.29) is 5.91 Å². The molecule has 0 spiro atoms. The van der Waals surface area contributed by atoms with Crippen molar-refractivity contribution < 1.29 is 9.90 Å². The van der Waals surface area contributed by atoms with Gasteiger partial charge in [-0.05, 0) is 25.8 Å². The Morgan fingerprint density at radius 2 is 2.40 bits per heavy atom. The van der Waals surface area contributed by atoms with Crippen LogP contribution in [0.15, 0.2) is 12.3 Å². The SMILES string of the molecule is CC1(O)CCCN(C(=O)c2sc3nnccc3c2N)C1. The van der Waals surface area contributed by atoms with Crippen molar-refractivity contribution in [2.45, 2.75) is 25.4 Å². The fraction of sp³-hybridized carbons (Fsp3) is 0.462. The first-order valence-corrected chi connectivity index (χ1v) is 7.31. The summed E-state index contributed by atoms with van der Waals surface area (Å²) in [6.45, 7) is 2.74. The first-order valence-electron chi connectivity index (χ1n) is 6.49. The van der Waals surface area contributed by atoms with Gasteiger partial charge in [-0.1, -0.05) is 0 Å². The zero-order valence-corrected chi connectivity index (χ0v) is 12.0. The molecule has 1 saturated heterocycles. The molecule has 0 saturated carbocycles. The third kappa shape index (κ3) is 2.23. The van der Waals surface area contributed by atoms with Crippen LogP contribution in [0.3, 0.4) is 0 Å². The molecule has 7 heteroatoms. The molecule has 3 N–H and O–H groups in total. The van der Waals surface area contributed by atoms with Gasteiger partial charge in [-0.3, -0.25) is 4.79 Å². The lowest BCUT2D eigenvalue weighted by Gasteiger charge is -2.36. The number of fused-ring (bicyclic) bond motifs is 1. The maximum absolute atomic E-state index is 12.6. The quantitative estimate of drug-likeness (QED) is 0.825. The third-order valence-corrected chi connectivity index (χ3v) is 4.67. The average molecular weight is 292 g/mol. The van der Waals surface area contributed by atoms with Crippen molar-refractivity contribution in [2.75, 3.05) is 18.8 Å². The average Bonchev–Trinajstić information content (AvgIpc) is 2.75. The lowest BCUT2D eigenvalue weighted by atomic mass is 9.95. The van der Waals surface area contributed by atoms with Crippen LogP contribution in [0.4, 0.5) is 5.69 Å². The van der Waals surface area contributed by atoms with Crippen LogP contribution in [0, 0.1) is 0 Å². The number of thiophene rings is 1. The molecule has 3 heterocycles. The molecular weight excluding hydrogens is 276 g/mol. The first kappa shape index (κ1) is 13.3. The summed E-state index contributed by atoms with van der Waals surface area (Å²) in [7, 11) is 0. The molecule has 3 rings (SSSR count). The highest BCUT2D eigenvalue weighted by atomic mass is 32.1. The van der Waals surface area contributed by atoms with Gasteiger partial charge in [0.2, 0.25) is 0 Å². The fourth-order valence-electron chi connectivity index (χ4n) is 2.57. The molecule has 0 radical (unpaired) electrons. The predicted molar refractivity (Wildman–Crippen MR) is 77.6 cm³/mol. The summed E-state index contributed by atoms with van der Waals surface area (Å²) in [5, 5.41) is 18.7. The zero-order chi connectivity index (χ0) is 14.3. The standard InChI is InChI=1S/C13H16N4O2S/c1-13(19)4-2-6-17(7-13)12(18)10-9(14)8-3-5-15-16-11(8)20-10/h3,5,19H,2,4,6-7,14H2,1H3. The maximum atomic E-state index is 12.6. The Balaban J connectivity index is 1.94. The molecule has 0 aromatic carbocycles. The van der Waals surface area contributed by atoms with E-state index in [0.29, 0.717) is 34.9 Å². The van der Waals surface area contributed by atoms with Crippen molar-refractivity contribution in [2.24, 2.45) is 0 Å². The van der Waals surface area contributed by atoms with Crippen LogP contribution in [-0.4, -0.2) is 44.8 Å². The number of likely N-dealkylation sites (tertiary alicyclic amines) is 1. The summed E-state index contributed by atoms with van der Waals surface area (Å²) in [5.41, 5.74) is 5.68. The van der Waals surface area contributed by atoms with Crippen LogP contribution in [0.1, 0.15) is 29.4 Å². The van der Waals surface area contributed by atoms with Gasteiger partial charge in [0.25, 0.3) is 5.91 Å². The van der Waals surface area contributed by atoms with Crippen LogP contribution < -0.4 is 5.73 Å². The number of hydrogen-bond acceptors (Lipinski definition) is 6. The number of piperidine rings is 1. The van der Waals surface area contributed by atoms with E-state index >= 15 is 0 Å². The Bertz CT molecular complexity index is 667. The smallest absolute Gasteiger partial charge is 0.266 e. The van der Waals surface area contributed by atoms with E-state index < -0.39 is 5.60 Å². The normalized spacial score (nSPS) is 23.2. The topological polar surface area (TPSA) is 92.3 Å². The largest absolute Gasteiger partial charge is 0.397 e. The third-order valence-electron chi connectivity index (χ3n) is 3.58. The number of β-amino-alcohol motifs (C(OH)–C–C–N with tert-alkyl or cyclic N) is 1. The molecule has 2 aromatic rings. The minimum atomic E-state index is -0.820. The number of aliphatic hydroxyl groups is 1. The van der Waals surface area contributed by atoms with Gasteiger partial charge < -0.3 is 15.7 Å². The highest BCUT2D eigenvalue weighted by Gasteiger charge is 2.32. The highest BCUT2D eigenvalue weighted by Crippen LogP contribution is 2.33. The van der Waals surface area contributed by atoms with Crippen molar-refractivity contribution in [3.63, 3.8) is 0 Å². The second-order valence-electron chi connectivity index (χ2n) is 5.42. The fourth-order valence-corrected chi connectivity index (χ4v) is 3.57. The summed E-state index contributed by atoms with van der Waals surface area (Å²) in [6.07, 6.45) is 3.07. The predicted octanol–water partition coefficient (Wildman–Crippen LogP) is 1.26. The molecule has 1 atom stereocenters. The number of nitrogens with zero attached hydrogens (tertiary/aromatic N) is 3. The van der Waals surface area contributed by atoms with Crippen molar-refractivity contribution >= 4 is 33.1 Å². The summed E-state index contributed by atoms with van der Waals surface area (Å²) in [6, 6.07) is 1.76. The number of carbonyl (C=O) groups excluding carboxylic acids is 1. The van der Waals surface area contributed by atoms with Gasteiger partial charge >= 0.3 is 0 Å². The molecule has 1 fully saturated rings. The van der Waals surface area contributed by atoms with Crippen LogP contribution in [0.25, 0.3) is 10.2 Å². The van der Waals surface area contributed by atoms with Crippen molar-refractivity contribution in [3.05, 3.63) is 17.1 Å². The Kier molecular flexibility index (Phi) is 3.10. The number of amides is 1. The Morgan fingerprint density at radius 3 is 3.10 bits per heavy atom. The second-order valence-corrected chi connectivity index (χ2v) is 6.42. The minimum Gasteiger partial charge on any atom is -0.397 e. The highest BCUT2D eigenvalue weighted by molar-refractivity contribution is 7.21. The summed E-state index contributed by atoms with van der Waals surface area (Å²) in [4.78, 5) is 15.4. The summed E-state index contributed by atoms with van der Waals surface area (Å²) < 4.78 is 0. The van der Waals surface area contributed by atoms with Crippen molar-refractivity contribution in [3.8, 4) is 0 Å². The molecule has 1 unspecified atom stereocenters. The molecule has 0 aliphatic carbocycles. The van der Waals surface area contributed by atoms with E-state index in [1.54, 1.807) is 24.1 Å². The van der Waals surface area contributed by atoms with Gasteiger partial charge in [0.05, 0.1) is 17.5 Å². The first-order chi connectivity index (χ1) is 9.48. The van der Waals surface area contributed by atoms with Crippen LogP contribution >= 0.6 is 11.3 Å². The number of hydrogen-bond donors (Lipinski definition) is 2. The molecule has 6 nitrogen and oxygen atoms in total. The molecule has 2 aromatic heterocycles. The van der Waals surface area contributed by atoms with Gasteiger partial charge in [-0.15, -0.1) is 16.4 Å². The zero-order valence-electron chi connectivity index (χ0n) is 11.2. The molecule has 1 aliphatic rings. The molecule has 106 valence electrons. The van der Waals surface area contributed by atoms with Gasteiger partial charge in [0.15, 0.2) is 0 Å². The van der Waals surface area contributed by atoms with E-state index in [1.165, 1.54) is 11.3 Å². The number of carbonyl (C=O) groups is 1. The lowest BCUT2D eigenvalue weighted by Crippen LogP contribution is -2.48.